The molecule has 1 aromatic carbocycles. The fourth-order valence-corrected chi connectivity index (χ4v) is 2.34. The van der Waals surface area contributed by atoms with Crippen LogP contribution in [0.4, 0.5) is 4.39 Å². The lowest BCUT2D eigenvalue weighted by molar-refractivity contribution is 0.403. The first-order valence-electron chi connectivity index (χ1n) is 6.78. The lowest BCUT2D eigenvalue weighted by Crippen LogP contribution is -2.21. The molecule has 104 valence electrons. The fourth-order valence-electron chi connectivity index (χ4n) is 2.19. The van der Waals surface area contributed by atoms with Gasteiger partial charge in [0.15, 0.2) is 11.4 Å². The summed E-state index contributed by atoms with van der Waals surface area (Å²) in [5.74, 6) is 0.308. The van der Waals surface area contributed by atoms with Crippen molar-refractivity contribution >= 4 is 22.6 Å². The Labute approximate surface area is 117 Å². The van der Waals surface area contributed by atoms with E-state index in [-0.39, 0.29) is 16.6 Å². The first-order valence-corrected chi connectivity index (χ1v) is 7.16. The second kappa shape index (κ2) is 6.40. The summed E-state index contributed by atoms with van der Waals surface area (Å²) in [6.45, 7) is 5.17. The van der Waals surface area contributed by atoms with E-state index in [4.69, 9.17) is 16.0 Å². The van der Waals surface area contributed by atoms with Gasteiger partial charge in [-0.1, -0.05) is 31.9 Å². The van der Waals surface area contributed by atoms with E-state index in [0.717, 1.165) is 37.0 Å². The van der Waals surface area contributed by atoms with Gasteiger partial charge < -0.3 is 9.73 Å². The van der Waals surface area contributed by atoms with Crippen LogP contribution in [0.5, 0.6) is 0 Å². The van der Waals surface area contributed by atoms with Crippen molar-refractivity contribution in [2.45, 2.75) is 39.2 Å². The average molecular weight is 284 g/mol. The normalized spacial score (nSPS) is 13.1. The molecule has 0 bridgehead atoms. The molecule has 0 aliphatic rings. The maximum atomic E-state index is 13.9. The largest absolute Gasteiger partial charge is 0.456 e. The third-order valence-electron chi connectivity index (χ3n) is 3.16. The van der Waals surface area contributed by atoms with E-state index in [1.165, 1.54) is 0 Å². The van der Waals surface area contributed by atoms with Gasteiger partial charge in [-0.3, -0.25) is 0 Å². The minimum atomic E-state index is -0.476. The Morgan fingerprint density at radius 2 is 2.11 bits per heavy atom. The summed E-state index contributed by atoms with van der Waals surface area (Å²) in [4.78, 5) is 0. The molecule has 2 aromatic rings. The highest BCUT2D eigenvalue weighted by atomic mass is 35.5. The standard InChI is InChI=1S/C15H19ClFNO/c1-3-5-12(18-8-4-2)13-9-10-6-7-11(16)14(17)15(10)19-13/h6-7,9,12,18H,3-5,8H2,1-2H3. The number of fused-ring (bicyclic) bond motifs is 1. The van der Waals surface area contributed by atoms with E-state index in [0.29, 0.717) is 0 Å². The number of halogens is 2. The summed E-state index contributed by atoms with van der Waals surface area (Å²) in [7, 11) is 0. The molecule has 0 aliphatic heterocycles. The molecule has 0 amide bonds. The van der Waals surface area contributed by atoms with E-state index < -0.39 is 5.82 Å². The van der Waals surface area contributed by atoms with E-state index in [1.807, 2.05) is 6.07 Å². The predicted molar refractivity (Wildman–Crippen MR) is 77.1 cm³/mol. The van der Waals surface area contributed by atoms with Gasteiger partial charge in [0, 0.05) is 5.39 Å². The topological polar surface area (TPSA) is 25.2 Å². The van der Waals surface area contributed by atoms with Crippen molar-refractivity contribution in [3.63, 3.8) is 0 Å². The van der Waals surface area contributed by atoms with Gasteiger partial charge in [0.25, 0.3) is 0 Å². The Balaban J connectivity index is 2.34. The zero-order valence-corrected chi connectivity index (χ0v) is 12.1. The number of nitrogens with one attached hydrogen (secondary N) is 1. The van der Waals surface area contributed by atoms with Crippen LogP contribution in [0, 0.1) is 5.82 Å². The monoisotopic (exact) mass is 283 g/mol. The zero-order valence-electron chi connectivity index (χ0n) is 11.3. The Hall–Kier alpha value is -1.06. The minimum absolute atomic E-state index is 0.0990. The molecule has 0 radical (unpaired) electrons. The molecule has 0 saturated carbocycles. The Morgan fingerprint density at radius 1 is 1.32 bits per heavy atom. The molecule has 2 nitrogen and oxygen atoms in total. The van der Waals surface area contributed by atoms with Gasteiger partial charge in [0.2, 0.25) is 0 Å². The molecular formula is C15H19ClFNO. The van der Waals surface area contributed by atoms with Crippen molar-refractivity contribution in [1.82, 2.24) is 5.32 Å². The highest BCUT2D eigenvalue weighted by Gasteiger charge is 2.17. The first-order chi connectivity index (χ1) is 9.17. The summed E-state index contributed by atoms with van der Waals surface area (Å²) in [6, 6.07) is 5.39. The Bertz CT molecular complexity index is 552. The molecule has 0 spiro atoms. The second-order valence-corrected chi connectivity index (χ2v) is 5.13. The van der Waals surface area contributed by atoms with Crippen molar-refractivity contribution in [3.8, 4) is 0 Å². The van der Waals surface area contributed by atoms with Crippen molar-refractivity contribution in [1.29, 1.82) is 0 Å². The summed E-state index contributed by atoms with van der Waals surface area (Å²) in [5.41, 5.74) is 0.252. The third kappa shape index (κ3) is 3.10. The number of hydrogen-bond acceptors (Lipinski definition) is 2. The molecular weight excluding hydrogens is 265 g/mol. The Morgan fingerprint density at radius 3 is 2.79 bits per heavy atom. The molecule has 19 heavy (non-hydrogen) atoms. The van der Waals surface area contributed by atoms with Gasteiger partial charge >= 0.3 is 0 Å². The minimum Gasteiger partial charge on any atom is -0.456 e. The number of furan rings is 1. The van der Waals surface area contributed by atoms with Gasteiger partial charge in [0.05, 0.1) is 11.1 Å². The first kappa shape index (κ1) is 14.4. The van der Waals surface area contributed by atoms with Crippen molar-refractivity contribution in [2.24, 2.45) is 0 Å². The zero-order chi connectivity index (χ0) is 13.8. The maximum absolute atomic E-state index is 13.9. The van der Waals surface area contributed by atoms with Gasteiger partial charge in [-0.05, 0) is 37.6 Å². The van der Waals surface area contributed by atoms with Crippen LogP contribution < -0.4 is 5.32 Å². The molecule has 1 unspecified atom stereocenters. The van der Waals surface area contributed by atoms with E-state index >= 15 is 0 Å². The van der Waals surface area contributed by atoms with Crippen molar-refractivity contribution in [2.75, 3.05) is 6.54 Å². The van der Waals surface area contributed by atoms with Crippen molar-refractivity contribution < 1.29 is 8.81 Å². The van der Waals surface area contributed by atoms with E-state index in [9.17, 15) is 4.39 Å². The van der Waals surface area contributed by atoms with Crippen LogP contribution in [0.1, 0.15) is 44.9 Å². The molecule has 0 fully saturated rings. The van der Waals surface area contributed by atoms with Crippen LogP contribution in [0.25, 0.3) is 11.0 Å². The van der Waals surface area contributed by atoms with E-state index in [1.54, 1.807) is 12.1 Å². The van der Waals surface area contributed by atoms with Gasteiger partial charge in [-0.25, -0.2) is 4.39 Å². The van der Waals surface area contributed by atoms with Gasteiger partial charge in [-0.15, -0.1) is 0 Å². The maximum Gasteiger partial charge on any atom is 0.184 e. The van der Waals surface area contributed by atoms with Crippen molar-refractivity contribution in [3.05, 3.63) is 34.8 Å². The molecule has 2 rings (SSSR count). The van der Waals surface area contributed by atoms with Crippen LogP contribution in [0.15, 0.2) is 22.6 Å². The highest BCUT2D eigenvalue weighted by molar-refractivity contribution is 6.31. The number of rotatable bonds is 6. The van der Waals surface area contributed by atoms with Gasteiger partial charge in [0.1, 0.15) is 5.76 Å². The lowest BCUT2D eigenvalue weighted by atomic mass is 10.1. The Kier molecular flexibility index (Phi) is 4.83. The smallest absolute Gasteiger partial charge is 0.184 e. The summed E-state index contributed by atoms with van der Waals surface area (Å²) in [6.07, 6.45) is 3.07. The molecule has 4 heteroatoms. The average Bonchev–Trinajstić information content (AvgIpc) is 2.83. The molecule has 1 atom stereocenters. The number of hydrogen-bond donors (Lipinski definition) is 1. The van der Waals surface area contributed by atoms with E-state index in [2.05, 4.69) is 19.2 Å². The quantitative estimate of drug-likeness (QED) is 0.801. The molecule has 0 aliphatic carbocycles. The third-order valence-corrected chi connectivity index (χ3v) is 3.45. The highest BCUT2D eigenvalue weighted by Crippen LogP contribution is 2.31. The summed E-state index contributed by atoms with van der Waals surface area (Å²) >= 11 is 5.77. The second-order valence-electron chi connectivity index (χ2n) is 4.72. The molecule has 0 saturated heterocycles. The van der Waals surface area contributed by atoms with Crippen LogP contribution in [0.3, 0.4) is 0 Å². The van der Waals surface area contributed by atoms with Crippen LogP contribution in [-0.2, 0) is 0 Å². The molecule has 1 aromatic heterocycles. The lowest BCUT2D eigenvalue weighted by Gasteiger charge is -2.14. The van der Waals surface area contributed by atoms with Crippen LogP contribution in [-0.4, -0.2) is 6.54 Å². The number of benzene rings is 1. The van der Waals surface area contributed by atoms with Gasteiger partial charge in [-0.2, -0.15) is 0 Å². The SMILES string of the molecule is CCCNC(CCC)c1cc2ccc(Cl)c(F)c2o1. The predicted octanol–water partition coefficient (Wildman–Crippen LogP) is 5.07. The van der Waals surface area contributed by atoms with Crippen LogP contribution >= 0.6 is 11.6 Å². The molecule has 1 N–H and O–H groups in total. The summed E-state index contributed by atoms with van der Waals surface area (Å²) in [5, 5.41) is 4.29. The molecule has 1 heterocycles. The summed E-state index contributed by atoms with van der Waals surface area (Å²) < 4.78 is 19.5. The fraction of sp³-hybridized carbons (Fsp3) is 0.467. The van der Waals surface area contributed by atoms with Crippen LogP contribution in [0.2, 0.25) is 5.02 Å².